The minimum Gasteiger partial charge on any atom is -0.399 e. The zero-order valence-electron chi connectivity index (χ0n) is 9.74. The molecule has 2 aliphatic rings. The molecule has 92 valence electrons. The van der Waals surface area contributed by atoms with Crippen LogP contribution in [0.1, 0.15) is 22.6 Å². The Balaban J connectivity index is 2.19. The van der Waals surface area contributed by atoms with Crippen LogP contribution in [0.15, 0.2) is 49.1 Å². The maximum atomic E-state index is 14.3. The first-order chi connectivity index (χ1) is 8.51. The Morgan fingerprint density at radius 3 is 2.67 bits per heavy atom. The van der Waals surface area contributed by atoms with Gasteiger partial charge in [-0.25, -0.2) is 8.78 Å². The number of fused-ring (bicyclic) bond motifs is 3. The van der Waals surface area contributed by atoms with Crippen molar-refractivity contribution in [2.75, 3.05) is 0 Å². The summed E-state index contributed by atoms with van der Waals surface area (Å²) in [4.78, 5) is 0. The predicted octanol–water partition coefficient (Wildman–Crippen LogP) is 3.55. The van der Waals surface area contributed by atoms with Crippen LogP contribution in [-0.2, 0) is 5.92 Å². The number of hydrogen-bond donors (Lipinski definition) is 1. The van der Waals surface area contributed by atoms with E-state index in [0.29, 0.717) is 16.8 Å². The molecular formula is C15H13F2N. The van der Waals surface area contributed by atoms with Gasteiger partial charge in [0.2, 0.25) is 0 Å². The summed E-state index contributed by atoms with van der Waals surface area (Å²) in [5.41, 5.74) is 7.52. The Hall–Kier alpha value is -1.90. The van der Waals surface area contributed by atoms with Crippen molar-refractivity contribution in [3.8, 4) is 0 Å². The molecule has 0 saturated heterocycles. The van der Waals surface area contributed by atoms with E-state index in [1.54, 1.807) is 24.3 Å². The van der Waals surface area contributed by atoms with Gasteiger partial charge in [-0.2, -0.15) is 0 Å². The summed E-state index contributed by atoms with van der Waals surface area (Å²) < 4.78 is 28.5. The zero-order valence-corrected chi connectivity index (χ0v) is 9.74. The van der Waals surface area contributed by atoms with E-state index in [-0.39, 0.29) is 11.5 Å². The van der Waals surface area contributed by atoms with Crippen molar-refractivity contribution in [1.82, 2.24) is 0 Å². The molecule has 0 aromatic heterocycles. The van der Waals surface area contributed by atoms with Gasteiger partial charge in [-0.1, -0.05) is 43.0 Å². The molecule has 1 aromatic carbocycles. The second-order valence-corrected chi connectivity index (χ2v) is 4.77. The quantitative estimate of drug-likeness (QED) is 0.804. The Bertz CT molecular complexity index is 584. The molecule has 18 heavy (non-hydrogen) atoms. The molecule has 0 amide bonds. The fourth-order valence-electron chi connectivity index (χ4n) is 2.77. The monoisotopic (exact) mass is 245 g/mol. The summed E-state index contributed by atoms with van der Waals surface area (Å²) in [6, 6.07) is 4.82. The van der Waals surface area contributed by atoms with Gasteiger partial charge in [0.05, 0.1) is 5.92 Å². The number of allylic oxidation sites excluding steroid dienone is 4. The second kappa shape index (κ2) is 3.55. The zero-order chi connectivity index (χ0) is 12.9. The van der Waals surface area contributed by atoms with Crippen LogP contribution in [0.3, 0.4) is 0 Å². The summed E-state index contributed by atoms with van der Waals surface area (Å²) in [7, 11) is 0. The predicted molar refractivity (Wildman–Crippen MR) is 68.1 cm³/mol. The highest BCUT2D eigenvalue weighted by Crippen LogP contribution is 2.55. The maximum absolute atomic E-state index is 14.3. The Morgan fingerprint density at radius 1 is 1.22 bits per heavy atom. The fourth-order valence-corrected chi connectivity index (χ4v) is 2.77. The first kappa shape index (κ1) is 11.2. The topological polar surface area (TPSA) is 26.0 Å². The van der Waals surface area contributed by atoms with Gasteiger partial charge in [0.25, 0.3) is 5.92 Å². The van der Waals surface area contributed by atoms with Crippen molar-refractivity contribution >= 4 is 5.70 Å². The van der Waals surface area contributed by atoms with Crippen molar-refractivity contribution in [3.63, 3.8) is 0 Å². The third kappa shape index (κ3) is 1.37. The molecular weight excluding hydrogens is 232 g/mol. The number of alkyl halides is 2. The minimum atomic E-state index is -2.81. The van der Waals surface area contributed by atoms with E-state index in [2.05, 4.69) is 6.58 Å². The number of hydrogen-bond acceptors (Lipinski definition) is 1. The Labute approximate surface area is 104 Å². The van der Waals surface area contributed by atoms with Crippen LogP contribution >= 0.6 is 0 Å². The van der Waals surface area contributed by atoms with E-state index in [4.69, 9.17) is 5.73 Å². The van der Waals surface area contributed by atoms with Gasteiger partial charge < -0.3 is 5.73 Å². The molecule has 1 nitrogen and oxygen atoms in total. The highest BCUT2D eigenvalue weighted by molar-refractivity contribution is 5.63. The number of benzene rings is 1. The minimum absolute atomic E-state index is 0.110. The molecule has 0 heterocycles. The lowest BCUT2D eigenvalue weighted by atomic mass is 9.87. The number of nitrogens with two attached hydrogens (primary N) is 1. The molecule has 0 spiro atoms. The Kier molecular flexibility index (Phi) is 2.21. The van der Waals surface area contributed by atoms with Gasteiger partial charge in [-0.05, 0) is 17.2 Å². The van der Waals surface area contributed by atoms with Crippen molar-refractivity contribution in [1.29, 1.82) is 0 Å². The van der Waals surface area contributed by atoms with Crippen LogP contribution in [0, 0.1) is 5.92 Å². The summed E-state index contributed by atoms with van der Waals surface area (Å²) in [5.74, 6) is -3.85. The van der Waals surface area contributed by atoms with Gasteiger partial charge >= 0.3 is 0 Å². The third-order valence-corrected chi connectivity index (χ3v) is 3.69. The lowest BCUT2D eigenvalue weighted by Gasteiger charge is -2.21. The SMILES string of the molecule is C=C(N)c1ccc2c(c1)C1C=CC=CC1C2(F)F. The average Bonchev–Trinajstić information content (AvgIpc) is 2.59. The highest BCUT2D eigenvalue weighted by Gasteiger charge is 2.52. The molecule has 2 unspecified atom stereocenters. The summed E-state index contributed by atoms with van der Waals surface area (Å²) in [5, 5.41) is 0. The molecule has 0 aliphatic heterocycles. The van der Waals surface area contributed by atoms with Gasteiger partial charge in [-0.3, -0.25) is 0 Å². The standard InChI is InChI=1S/C15H13F2N/c1-9(18)10-6-7-14-12(8-10)11-4-2-3-5-13(11)15(14,16)17/h2-8,11,13H,1,18H2. The maximum Gasteiger partial charge on any atom is 0.280 e. The van der Waals surface area contributed by atoms with Gasteiger partial charge in [0, 0.05) is 17.2 Å². The largest absolute Gasteiger partial charge is 0.399 e. The molecule has 2 atom stereocenters. The van der Waals surface area contributed by atoms with Gasteiger partial charge in [-0.15, -0.1) is 0 Å². The molecule has 1 aromatic rings. The van der Waals surface area contributed by atoms with Crippen LogP contribution in [0.25, 0.3) is 5.70 Å². The average molecular weight is 245 g/mol. The summed E-state index contributed by atoms with van der Waals surface area (Å²) in [6.07, 6.45) is 6.91. The molecule has 0 radical (unpaired) electrons. The molecule has 0 fully saturated rings. The van der Waals surface area contributed by atoms with E-state index < -0.39 is 11.8 Å². The third-order valence-electron chi connectivity index (χ3n) is 3.69. The summed E-state index contributed by atoms with van der Waals surface area (Å²) >= 11 is 0. The van der Waals surface area contributed by atoms with Crippen molar-refractivity contribution in [2.45, 2.75) is 11.8 Å². The van der Waals surface area contributed by atoms with E-state index >= 15 is 0 Å². The van der Waals surface area contributed by atoms with Crippen molar-refractivity contribution in [2.24, 2.45) is 11.7 Å². The summed E-state index contributed by atoms with van der Waals surface area (Å²) in [6.45, 7) is 3.65. The normalized spacial score (nSPS) is 26.8. The van der Waals surface area contributed by atoms with Crippen molar-refractivity contribution < 1.29 is 8.78 Å². The van der Waals surface area contributed by atoms with E-state index in [1.165, 1.54) is 6.07 Å². The molecule has 0 bridgehead atoms. The molecule has 2 N–H and O–H groups in total. The lowest BCUT2D eigenvalue weighted by molar-refractivity contribution is -0.0380. The van der Waals surface area contributed by atoms with Crippen LogP contribution in [0.4, 0.5) is 8.78 Å². The Morgan fingerprint density at radius 2 is 1.94 bits per heavy atom. The second-order valence-electron chi connectivity index (χ2n) is 4.77. The van der Waals surface area contributed by atoms with Crippen LogP contribution in [-0.4, -0.2) is 0 Å². The fraction of sp³-hybridized carbons (Fsp3) is 0.200. The molecule has 2 aliphatic carbocycles. The van der Waals surface area contributed by atoms with E-state index in [0.717, 1.165) is 0 Å². The first-order valence-corrected chi connectivity index (χ1v) is 5.84. The van der Waals surface area contributed by atoms with E-state index in [1.807, 2.05) is 12.2 Å². The smallest absolute Gasteiger partial charge is 0.280 e. The van der Waals surface area contributed by atoms with Crippen molar-refractivity contribution in [3.05, 3.63) is 65.8 Å². The number of halogens is 2. The number of rotatable bonds is 1. The highest BCUT2D eigenvalue weighted by atomic mass is 19.3. The van der Waals surface area contributed by atoms with Crippen LogP contribution in [0.2, 0.25) is 0 Å². The lowest BCUT2D eigenvalue weighted by Crippen LogP contribution is -2.21. The van der Waals surface area contributed by atoms with E-state index in [9.17, 15) is 8.78 Å². The molecule has 3 heteroatoms. The molecule has 3 rings (SSSR count). The first-order valence-electron chi connectivity index (χ1n) is 5.84. The van der Waals surface area contributed by atoms with Crippen LogP contribution < -0.4 is 5.73 Å². The van der Waals surface area contributed by atoms with Gasteiger partial charge in [0.15, 0.2) is 0 Å². The van der Waals surface area contributed by atoms with Gasteiger partial charge in [0.1, 0.15) is 0 Å². The van der Waals surface area contributed by atoms with Crippen LogP contribution in [0.5, 0.6) is 0 Å². The molecule has 0 saturated carbocycles.